The number of hydrogen-bond acceptors (Lipinski definition) is 5. The second-order valence-electron chi connectivity index (χ2n) is 9.19. The largest absolute Gasteiger partial charge is 0.465 e. The molecule has 0 saturated carbocycles. The van der Waals surface area contributed by atoms with E-state index in [0.29, 0.717) is 36.0 Å². The first-order valence-electron chi connectivity index (χ1n) is 12.1. The fourth-order valence-corrected chi connectivity index (χ4v) is 4.75. The summed E-state index contributed by atoms with van der Waals surface area (Å²) in [5, 5.41) is 1.88. The number of halogens is 1. The minimum atomic E-state index is -0.401. The van der Waals surface area contributed by atoms with E-state index in [4.69, 9.17) is 19.2 Å². The van der Waals surface area contributed by atoms with Gasteiger partial charge in [-0.15, -0.1) is 0 Å². The molecule has 1 saturated heterocycles. The van der Waals surface area contributed by atoms with Crippen molar-refractivity contribution in [1.82, 2.24) is 4.98 Å². The van der Waals surface area contributed by atoms with Gasteiger partial charge < -0.3 is 14.2 Å². The van der Waals surface area contributed by atoms with Crippen molar-refractivity contribution in [3.8, 4) is 22.8 Å². The number of methoxy groups -OCH3 is 1. The first-order valence-corrected chi connectivity index (χ1v) is 12.1. The van der Waals surface area contributed by atoms with E-state index in [1.165, 1.54) is 13.2 Å². The predicted molar refractivity (Wildman–Crippen MR) is 137 cm³/mol. The molecule has 1 fully saturated rings. The first kappa shape index (κ1) is 23.9. The van der Waals surface area contributed by atoms with E-state index >= 15 is 0 Å². The quantitative estimate of drug-likeness (QED) is 0.282. The average Bonchev–Trinajstić information content (AvgIpc) is 2.90. The number of carbonyl (C=O) groups excluding carboxylic acids is 1. The predicted octanol–water partition coefficient (Wildman–Crippen LogP) is 7.13. The SMILES string of the molecule is COC(=O)c1ccc(Oc2nc(C3CCOCC3)c(-c3ccc(F)c(C)c3)c3ccc(C)cc23)cc1. The summed E-state index contributed by atoms with van der Waals surface area (Å²) in [5.41, 5.74) is 5.00. The first-order chi connectivity index (χ1) is 17.4. The lowest BCUT2D eigenvalue weighted by molar-refractivity contribution is 0.0600. The normalized spacial score (nSPS) is 14.1. The molecule has 0 amide bonds. The summed E-state index contributed by atoms with van der Waals surface area (Å²) in [6.07, 6.45) is 1.70. The molecule has 0 aliphatic carbocycles. The molecule has 0 spiro atoms. The van der Waals surface area contributed by atoms with Crippen molar-refractivity contribution in [2.24, 2.45) is 0 Å². The summed E-state index contributed by atoms with van der Waals surface area (Å²) < 4.78 is 30.9. The van der Waals surface area contributed by atoms with Crippen molar-refractivity contribution in [1.29, 1.82) is 0 Å². The van der Waals surface area contributed by atoms with Crippen LogP contribution in [0.15, 0.2) is 60.7 Å². The number of rotatable bonds is 5. The van der Waals surface area contributed by atoms with Gasteiger partial charge in [0.1, 0.15) is 11.6 Å². The van der Waals surface area contributed by atoms with Crippen LogP contribution in [-0.2, 0) is 9.47 Å². The molecule has 3 aromatic carbocycles. The van der Waals surface area contributed by atoms with Crippen molar-refractivity contribution in [2.45, 2.75) is 32.6 Å². The number of pyridine rings is 1. The minimum Gasteiger partial charge on any atom is -0.465 e. The molecule has 2 heterocycles. The van der Waals surface area contributed by atoms with Gasteiger partial charge >= 0.3 is 5.97 Å². The maximum atomic E-state index is 14.2. The Hall–Kier alpha value is -3.77. The molecule has 4 aromatic rings. The highest BCUT2D eigenvalue weighted by Gasteiger charge is 2.25. The van der Waals surface area contributed by atoms with Gasteiger partial charge in [-0.1, -0.05) is 23.8 Å². The molecule has 0 N–H and O–H groups in total. The van der Waals surface area contributed by atoms with Gasteiger partial charge in [0.05, 0.1) is 18.4 Å². The van der Waals surface area contributed by atoms with Gasteiger partial charge in [-0.3, -0.25) is 0 Å². The van der Waals surface area contributed by atoms with E-state index < -0.39 is 5.97 Å². The Labute approximate surface area is 209 Å². The molecule has 1 aliphatic heterocycles. The molecule has 1 aromatic heterocycles. The molecule has 6 heteroatoms. The highest BCUT2D eigenvalue weighted by atomic mass is 19.1. The Morgan fingerprint density at radius 1 is 0.972 bits per heavy atom. The van der Waals surface area contributed by atoms with E-state index in [0.717, 1.165) is 46.0 Å². The van der Waals surface area contributed by atoms with Crippen molar-refractivity contribution in [3.05, 3.63) is 88.9 Å². The molecular weight excluding hydrogens is 457 g/mol. The number of aromatic nitrogens is 1. The maximum Gasteiger partial charge on any atom is 0.337 e. The van der Waals surface area contributed by atoms with Gasteiger partial charge in [0.15, 0.2) is 0 Å². The van der Waals surface area contributed by atoms with Crippen LogP contribution in [0, 0.1) is 19.7 Å². The van der Waals surface area contributed by atoms with Gasteiger partial charge in [0.2, 0.25) is 5.88 Å². The van der Waals surface area contributed by atoms with Crippen LogP contribution in [0.5, 0.6) is 11.6 Å². The Morgan fingerprint density at radius 2 is 1.72 bits per heavy atom. The van der Waals surface area contributed by atoms with Crippen LogP contribution in [0.1, 0.15) is 45.9 Å². The minimum absolute atomic E-state index is 0.189. The Bertz CT molecular complexity index is 1430. The van der Waals surface area contributed by atoms with E-state index in [9.17, 15) is 9.18 Å². The number of esters is 1. The van der Waals surface area contributed by atoms with E-state index in [1.54, 1.807) is 31.2 Å². The van der Waals surface area contributed by atoms with Gasteiger partial charge in [0.25, 0.3) is 0 Å². The second-order valence-corrected chi connectivity index (χ2v) is 9.19. The third-order valence-electron chi connectivity index (χ3n) is 6.70. The fourth-order valence-electron chi connectivity index (χ4n) is 4.75. The fraction of sp³-hybridized carbons (Fsp3) is 0.267. The number of hydrogen-bond donors (Lipinski definition) is 0. The van der Waals surface area contributed by atoms with Gasteiger partial charge in [-0.25, -0.2) is 14.2 Å². The number of ether oxygens (including phenoxy) is 3. The second kappa shape index (κ2) is 10.1. The third kappa shape index (κ3) is 4.69. The van der Waals surface area contributed by atoms with Crippen molar-refractivity contribution in [2.75, 3.05) is 20.3 Å². The third-order valence-corrected chi connectivity index (χ3v) is 6.70. The standard InChI is InChI=1S/C30H28FNO4/c1-18-4-10-24-25(16-18)29(36-23-8-5-21(6-9-23)30(33)34-3)32-28(20-12-14-35-15-13-20)27(24)22-7-11-26(31)19(2)17-22/h4-11,16-17,20H,12-15H2,1-3H3. The number of aryl methyl sites for hydroxylation is 2. The summed E-state index contributed by atoms with van der Waals surface area (Å²) in [4.78, 5) is 16.9. The van der Waals surface area contributed by atoms with E-state index in [1.807, 2.05) is 19.1 Å². The monoisotopic (exact) mass is 485 g/mol. The van der Waals surface area contributed by atoms with Crippen LogP contribution >= 0.6 is 0 Å². The lowest BCUT2D eigenvalue weighted by atomic mass is 9.87. The molecule has 5 rings (SSSR count). The van der Waals surface area contributed by atoms with Crippen molar-refractivity contribution < 1.29 is 23.4 Å². The van der Waals surface area contributed by atoms with Crippen LogP contribution in [0.4, 0.5) is 4.39 Å². The molecule has 1 aliphatic rings. The Morgan fingerprint density at radius 3 is 2.42 bits per heavy atom. The average molecular weight is 486 g/mol. The summed E-state index contributed by atoms with van der Waals surface area (Å²) in [6.45, 7) is 5.15. The van der Waals surface area contributed by atoms with Crippen LogP contribution < -0.4 is 4.74 Å². The van der Waals surface area contributed by atoms with Gasteiger partial charge in [-0.2, -0.15) is 0 Å². The molecule has 0 radical (unpaired) electrons. The molecule has 36 heavy (non-hydrogen) atoms. The van der Waals surface area contributed by atoms with Crippen LogP contribution in [0.2, 0.25) is 0 Å². The number of carbonyl (C=O) groups is 1. The lowest BCUT2D eigenvalue weighted by Gasteiger charge is -2.26. The zero-order valence-electron chi connectivity index (χ0n) is 20.6. The van der Waals surface area contributed by atoms with Crippen molar-refractivity contribution in [3.63, 3.8) is 0 Å². The zero-order valence-corrected chi connectivity index (χ0v) is 20.6. The summed E-state index contributed by atoms with van der Waals surface area (Å²) in [5.74, 6) is 0.634. The summed E-state index contributed by atoms with van der Waals surface area (Å²) in [6, 6.07) is 18.3. The van der Waals surface area contributed by atoms with E-state index in [2.05, 4.69) is 18.2 Å². The number of nitrogens with zero attached hydrogens (tertiary/aromatic N) is 1. The maximum absolute atomic E-state index is 14.2. The van der Waals surface area contributed by atoms with E-state index in [-0.39, 0.29) is 11.7 Å². The van der Waals surface area contributed by atoms with Gasteiger partial charge in [-0.05, 0) is 85.7 Å². The highest BCUT2D eigenvalue weighted by Crippen LogP contribution is 2.43. The zero-order chi connectivity index (χ0) is 25.2. The molecule has 0 unspecified atom stereocenters. The number of benzene rings is 3. The molecule has 0 bridgehead atoms. The molecule has 0 atom stereocenters. The van der Waals surface area contributed by atoms with Crippen molar-refractivity contribution >= 4 is 16.7 Å². The molecule has 5 nitrogen and oxygen atoms in total. The van der Waals surface area contributed by atoms with Crippen LogP contribution in [0.25, 0.3) is 21.9 Å². The molecule has 184 valence electrons. The lowest BCUT2D eigenvalue weighted by Crippen LogP contribution is -2.16. The molecular formula is C30H28FNO4. The van der Waals surface area contributed by atoms with Crippen LogP contribution in [-0.4, -0.2) is 31.3 Å². The number of fused-ring (bicyclic) bond motifs is 1. The smallest absolute Gasteiger partial charge is 0.337 e. The summed E-state index contributed by atoms with van der Waals surface area (Å²) >= 11 is 0. The highest BCUT2D eigenvalue weighted by molar-refractivity contribution is 6.01. The topological polar surface area (TPSA) is 57.7 Å². The van der Waals surface area contributed by atoms with Crippen LogP contribution in [0.3, 0.4) is 0 Å². The Kier molecular flexibility index (Phi) is 6.70. The summed E-state index contributed by atoms with van der Waals surface area (Å²) in [7, 11) is 1.35. The van der Waals surface area contributed by atoms with Gasteiger partial charge in [0, 0.05) is 30.1 Å². The Balaban J connectivity index is 1.69.